The second-order valence-electron chi connectivity index (χ2n) is 7.18. The van der Waals surface area contributed by atoms with Crippen LogP contribution < -0.4 is 10.1 Å². The highest BCUT2D eigenvalue weighted by Gasteiger charge is 2.55. The Labute approximate surface area is 159 Å². The van der Waals surface area contributed by atoms with E-state index in [1.54, 1.807) is 7.05 Å². The molecule has 1 spiro atoms. The number of carbonyl (C=O) groups excluding carboxylic acids is 3. The van der Waals surface area contributed by atoms with Crippen LogP contribution in [0.4, 0.5) is 4.79 Å². The molecule has 1 aliphatic heterocycles. The Morgan fingerprint density at radius 2 is 1.96 bits per heavy atom. The average molecular weight is 373 g/mol. The molecule has 1 aromatic carbocycles. The van der Waals surface area contributed by atoms with Crippen LogP contribution in [0.15, 0.2) is 24.3 Å². The zero-order valence-electron chi connectivity index (χ0n) is 16.0. The lowest BCUT2D eigenvalue weighted by Crippen LogP contribution is -2.49. The van der Waals surface area contributed by atoms with Crippen LogP contribution in [0.1, 0.15) is 44.6 Å². The predicted molar refractivity (Wildman–Crippen MR) is 100 cm³/mol. The van der Waals surface area contributed by atoms with Crippen molar-refractivity contribution in [3.8, 4) is 5.75 Å². The first kappa shape index (κ1) is 19.2. The number of likely N-dealkylation sites (N-methyl/N-ethyl adjacent to an activating group) is 1. The fraction of sp³-hybridized carbons (Fsp3) is 0.550. The maximum atomic E-state index is 12.9. The summed E-state index contributed by atoms with van der Waals surface area (Å²) in [6, 6.07) is 7.09. The van der Waals surface area contributed by atoms with E-state index in [9.17, 15) is 14.4 Å². The molecule has 1 saturated carbocycles. The number of amides is 4. The standard InChI is InChI=1S/C20H27N3O4/c1-3-27-16-9-7-8-15(12-16)13-21-17(24)14-23-18(25)20(22(2)19(23)26)10-5-4-6-11-20/h7-9,12H,3-6,10-11,13-14H2,1-2H3,(H,21,24). The molecule has 3 rings (SSSR count). The van der Waals surface area contributed by atoms with Gasteiger partial charge in [-0.2, -0.15) is 0 Å². The average Bonchev–Trinajstić information content (AvgIpc) is 2.84. The molecule has 2 aliphatic rings. The van der Waals surface area contributed by atoms with E-state index in [1.807, 2.05) is 31.2 Å². The minimum atomic E-state index is -0.749. The summed E-state index contributed by atoms with van der Waals surface area (Å²) in [7, 11) is 1.67. The van der Waals surface area contributed by atoms with Crippen molar-refractivity contribution in [2.45, 2.75) is 51.1 Å². The van der Waals surface area contributed by atoms with Crippen LogP contribution >= 0.6 is 0 Å². The molecule has 7 heteroatoms. The number of hydrogen-bond donors (Lipinski definition) is 1. The van der Waals surface area contributed by atoms with Gasteiger partial charge < -0.3 is 15.0 Å². The fourth-order valence-corrected chi connectivity index (χ4v) is 3.98. The third-order valence-corrected chi connectivity index (χ3v) is 5.48. The summed E-state index contributed by atoms with van der Waals surface area (Å²) in [5, 5.41) is 2.78. The number of urea groups is 1. The lowest BCUT2D eigenvalue weighted by atomic mass is 9.81. The SMILES string of the molecule is CCOc1cccc(CNC(=O)CN2C(=O)N(C)C3(CCCCC3)C2=O)c1. The molecule has 2 fully saturated rings. The Hall–Kier alpha value is -2.57. The molecule has 0 bridgehead atoms. The van der Waals surface area contributed by atoms with Gasteiger partial charge >= 0.3 is 6.03 Å². The molecule has 1 heterocycles. The molecule has 1 N–H and O–H groups in total. The van der Waals surface area contributed by atoms with Gasteiger partial charge in [-0.25, -0.2) is 4.79 Å². The Balaban J connectivity index is 1.60. The van der Waals surface area contributed by atoms with Crippen molar-refractivity contribution in [1.29, 1.82) is 0 Å². The van der Waals surface area contributed by atoms with Crippen molar-refractivity contribution in [1.82, 2.24) is 15.1 Å². The summed E-state index contributed by atoms with van der Waals surface area (Å²) in [6.45, 7) is 2.56. The van der Waals surface area contributed by atoms with Gasteiger partial charge in [0.1, 0.15) is 17.8 Å². The van der Waals surface area contributed by atoms with Crippen molar-refractivity contribution in [2.75, 3.05) is 20.2 Å². The number of hydrogen-bond acceptors (Lipinski definition) is 4. The van der Waals surface area contributed by atoms with Crippen LogP contribution in [0.25, 0.3) is 0 Å². The second kappa shape index (κ2) is 7.98. The van der Waals surface area contributed by atoms with E-state index < -0.39 is 5.54 Å². The molecule has 1 saturated heterocycles. The van der Waals surface area contributed by atoms with Crippen LogP contribution in [0.5, 0.6) is 5.75 Å². The summed E-state index contributed by atoms with van der Waals surface area (Å²) in [5.41, 5.74) is 0.149. The highest BCUT2D eigenvalue weighted by atomic mass is 16.5. The fourth-order valence-electron chi connectivity index (χ4n) is 3.98. The van der Waals surface area contributed by atoms with Gasteiger partial charge in [-0.15, -0.1) is 0 Å². The largest absolute Gasteiger partial charge is 0.494 e. The number of rotatable bonds is 6. The van der Waals surface area contributed by atoms with Gasteiger partial charge in [0, 0.05) is 13.6 Å². The maximum absolute atomic E-state index is 12.9. The lowest BCUT2D eigenvalue weighted by Gasteiger charge is -2.35. The second-order valence-corrected chi connectivity index (χ2v) is 7.18. The van der Waals surface area contributed by atoms with E-state index in [1.165, 1.54) is 4.90 Å². The molecule has 4 amide bonds. The van der Waals surface area contributed by atoms with Crippen molar-refractivity contribution in [3.63, 3.8) is 0 Å². The molecule has 27 heavy (non-hydrogen) atoms. The van der Waals surface area contributed by atoms with Crippen LogP contribution in [0.2, 0.25) is 0 Å². The first-order valence-electron chi connectivity index (χ1n) is 9.56. The molecule has 0 atom stereocenters. The third kappa shape index (κ3) is 3.77. The number of ether oxygens (including phenoxy) is 1. The van der Waals surface area contributed by atoms with E-state index >= 15 is 0 Å². The maximum Gasteiger partial charge on any atom is 0.327 e. The van der Waals surface area contributed by atoms with Crippen LogP contribution in [0, 0.1) is 0 Å². The molecule has 0 radical (unpaired) electrons. The normalized spacial score (nSPS) is 18.9. The van der Waals surface area contributed by atoms with E-state index in [0.717, 1.165) is 35.5 Å². The van der Waals surface area contributed by atoms with Crippen molar-refractivity contribution >= 4 is 17.8 Å². The molecular weight excluding hydrogens is 346 g/mol. The minimum absolute atomic E-state index is 0.233. The predicted octanol–water partition coefficient (Wildman–Crippen LogP) is 2.30. The molecule has 0 aromatic heterocycles. The summed E-state index contributed by atoms with van der Waals surface area (Å²) in [5.74, 6) is 0.165. The van der Waals surface area contributed by atoms with E-state index in [4.69, 9.17) is 4.74 Å². The van der Waals surface area contributed by atoms with Crippen LogP contribution in [-0.4, -0.2) is 53.4 Å². The monoisotopic (exact) mass is 373 g/mol. The van der Waals surface area contributed by atoms with Gasteiger partial charge in [0.25, 0.3) is 5.91 Å². The van der Waals surface area contributed by atoms with Gasteiger partial charge in [0.2, 0.25) is 5.91 Å². The quantitative estimate of drug-likeness (QED) is 0.776. The van der Waals surface area contributed by atoms with E-state index in [-0.39, 0.29) is 24.4 Å². The summed E-state index contributed by atoms with van der Waals surface area (Å²) in [6.07, 6.45) is 4.30. The van der Waals surface area contributed by atoms with Gasteiger partial charge in [-0.05, 0) is 37.5 Å². The number of imide groups is 1. The first-order chi connectivity index (χ1) is 13.0. The molecule has 1 aliphatic carbocycles. The lowest BCUT2D eigenvalue weighted by molar-refractivity contribution is -0.137. The zero-order chi connectivity index (χ0) is 19.4. The van der Waals surface area contributed by atoms with Gasteiger partial charge in [0.05, 0.1) is 6.61 Å². The Morgan fingerprint density at radius 1 is 1.22 bits per heavy atom. The topological polar surface area (TPSA) is 79.0 Å². The molecule has 0 unspecified atom stereocenters. The highest BCUT2D eigenvalue weighted by molar-refractivity contribution is 6.08. The molecular formula is C20H27N3O4. The zero-order valence-corrected chi connectivity index (χ0v) is 16.0. The highest BCUT2D eigenvalue weighted by Crippen LogP contribution is 2.39. The first-order valence-corrected chi connectivity index (χ1v) is 9.56. The van der Waals surface area contributed by atoms with Crippen molar-refractivity contribution in [2.24, 2.45) is 0 Å². The summed E-state index contributed by atoms with van der Waals surface area (Å²) in [4.78, 5) is 40.4. The van der Waals surface area contributed by atoms with Crippen molar-refractivity contribution in [3.05, 3.63) is 29.8 Å². The number of benzene rings is 1. The molecule has 1 aromatic rings. The number of carbonyl (C=O) groups is 3. The van der Waals surface area contributed by atoms with Gasteiger partial charge in [-0.1, -0.05) is 31.4 Å². The number of nitrogens with zero attached hydrogens (tertiary/aromatic N) is 2. The molecule has 146 valence electrons. The van der Waals surface area contributed by atoms with E-state index in [2.05, 4.69) is 5.32 Å². The smallest absolute Gasteiger partial charge is 0.327 e. The van der Waals surface area contributed by atoms with Crippen molar-refractivity contribution < 1.29 is 19.1 Å². The van der Waals surface area contributed by atoms with Crippen LogP contribution in [-0.2, 0) is 16.1 Å². The van der Waals surface area contributed by atoms with Gasteiger partial charge in [0.15, 0.2) is 0 Å². The van der Waals surface area contributed by atoms with Crippen LogP contribution in [0.3, 0.4) is 0 Å². The minimum Gasteiger partial charge on any atom is -0.494 e. The Morgan fingerprint density at radius 3 is 2.67 bits per heavy atom. The molecule has 7 nitrogen and oxygen atoms in total. The Kier molecular flexibility index (Phi) is 5.68. The number of nitrogens with one attached hydrogen (secondary N) is 1. The summed E-state index contributed by atoms with van der Waals surface area (Å²) >= 11 is 0. The van der Waals surface area contributed by atoms with Gasteiger partial charge in [-0.3, -0.25) is 14.5 Å². The Bertz CT molecular complexity index is 728. The summed E-state index contributed by atoms with van der Waals surface area (Å²) < 4.78 is 5.45. The third-order valence-electron chi connectivity index (χ3n) is 5.48. The van der Waals surface area contributed by atoms with E-state index in [0.29, 0.717) is 26.0 Å².